The number of nitrogens with one attached hydrogen (secondary N) is 1. The van der Waals surface area contributed by atoms with Gasteiger partial charge in [0, 0.05) is 11.4 Å². The van der Waals surface area contributed by atoms with Crippen molar-refractivity contribution in [2.45, 2.75) is 38.6 Å². The summed E-state index contributed by atoms with van der Waals surface area (Å²) in [6, 6.07) is 11.9. The van der Waals surface area contributed by atoms with Crippen LogP contribution >= 0.6 is 11.3 Å². The minimum absolute atomic E-state index is 0.0209. The number of fused-ring (bicyclic) bond motifs is 1. The van der Waals surface area contributed by atoms with Crippen LogP contribution in [0.15, 0.2) is 47.5 Å². The molecule has 0 atom stereocenters. The van der Waals surface area contributed by atoms with E-state index in [-0.39, 0.29) is 18.0 Å². The maximum Gasteiger partial charge on any atom is 0.271 e. The third kappa shape index (κ3) is 4.11. The van der Waals surface area contributed by atoms with Crippen molar-refractivity contribution >= 4 is 27.5 Å². The Hall–Kier alpha value is -2.47. The monoisotopic (exact) mass is 381 g/mol. The molecule has 4 rings (SSSR count). The molecule has 140 valence electrons. The van der Waals surface area contributed by atoms with E-state index in [1.165, 1.54) is 54.3 Å². The molecule has 0 bridgehead atoms. The Morgan fingerprint density at radius 2 is 1.96 bits per heavy atom. The smallest absolute Gasteiger partial charge is 0.271 e. The number of hydrogen-bond acceptors (Lipinski definition) is 4. The van der Waals surface area contributed by atoms with Crippen LogP contribution in [0.25, 0.3) is 20.7 Å². The summed E-state index contributed by atoms with van der Waals surface area (Å²) in [5.41, 5.74) is 1.60. The van der Waals surface area contributed by atoms with Crippen LogP contribution in [0.2, 0.25) is 0 Å². The van der Waals surface area contributed by atoms with Crippen LogP contribution in [0.1, 0.15) is 32.1 Å². The number of amides is 1. The Morgan fingerprint density at radius 3 is 2.74 bits per heavy atom. The molecule has 1 fully saturated rings. The summed E-state index contributed by atoms with van der Waals surface area (Å²) < 4.78 is 2.00. The van der Waals surface area contributed by atoms with Crippen LogP contribution in [0.5, 0.6) is 0 Å². The highest BCUT2D eigenvalue weighted by Crippen LogP contribution is 2.30. The number of rotatable bonds is 5. The van der Waals surface area contributed by atoms with Crippen molar-refractivity contribution in [1.82, 2.24) is 14.9 Å². The fourth-order valence-electron chi connectivity index (χ4n) is 3.66. The van der Waals surface area contributed by atoms with E-state index >= 15 is 0 Å². The third-order valence-electron chi connectivity index (χ3n) is 5.19. The molecule has 1 saturated carbocycles. The van der Waals surface area contributed by atoms with E-state index in [0.717, 1.165) is 10.4 Å². The molecule has 1 amide bonds. The highest BCUT2D eigenvalue weighted by atomic mass is 32.1. The van der Waals surface area contributed by atoms with Gasteiger partial charge in [0.25, 0.3) is 5.56 Å². The quantitative estimate of drug-likeness (QED) is 0.731. The predicted molar refractivity (Wildman–Crippen MR) is 109 cm³/mol. The van der Waals surface area contributed by atoms with Crippen molar-refractivity contribution in [2.24, 2.45) is 5.92 Å². The van der Waals surface area contributed by atoms with Gasteiger partial charge in [0.2, 0.25) is 5.91 Å². The Bertz CT molecular complexity index is 988. The Labute approximate surface area is 162 Å². The maximum atomic E-state index is 12.8. The summed E-state index contributed by atoms with van der Waals surface area (Å²) >= 11 is 1.43. The Morgan fingerprint density at radius 1 is 1.19 bits per heavy atom. The minimum atomic E-state index is -0.153. The van der Waals surface area contributed by atoms with Gasteiger partial charge in [-0.2, -0.15) is 0 Å². The predicted octanol–water partition coefficient (Wildman–Crippen LogP) is 3.82. The lowest BCUT2D eigenvalue weighted by molar-refractivity contribution is -0.121. The lowest BCUT2D eigenvalue weighted by Gasteiger charge is -2.21. The normalized spacial score (nSPS) is 15.1. The summed E-state index contributed by atoms with van der Waals surface area (Å²) in [5, 5.41) is 2.98. The SMILES string of the molecule is O=C(Cn1cnc2cc(-c3ccccc3)sc2c1=O)NCC1CCCCC1. The molecule has 0 unspecified atom stereocenters. The van der Waals surface area contributed by atoms with Crippen molar-refractivity contribution in [3.63, 3.8) is 0 Å². The molecule has 3 aromatic rings. The number of carbonyl (C=O) groups is 1. The first kappa shape index (κ1) is 17.9. The molecular weight excluding hydrogens is 358 g/mol. The Kier molecular flexibility index (Phi) is 5.34. The summed E-state index contributed by atoms with van der Waals surface area (Å²) in [7, 11) is 0. The van der Waals surface area contributed by atoms with Gasteiger partial charge in [-0.25, -0.2) is 4.98 Å². The number of aromatic nitrogens is 2. The second kappa shape index (κ2) is 8.05. The number of nitrogens with zero attached hydrogens (tertiary/aromatic N) is 2. The molecule has 1 aromatic carbocycles. The van der Waals surface area contributed by atoms with Gasteiger partial charge < -0.3 is 5.32 Å². The zero-order valence-electron chi connectivity index (χ0n) is 15.2. The molecule has 0 saturated heterocycles. The number of carbonyl (C=O) groups excluding carboxylic acids is 1. The molecule has 2 heterocycles. The first-order chi connectivity index (χ1) is 13.2. The summed E-state index contributed by atoms with van der Waals surface area (Å²) in [5.74, 6) is 0.453. The van der Waals surface area contributed by atoms with Crippen LogP contribution in [0.4, 0.5) is 0 Å². The van der Waals surface area contributed by atoms with E-state index in [2.05, 4.69) is 10.3 Å². The van der Waals surface area contributed by atoms with Crippen LogP contribution in [0, 0.1) is 5.92 Å². The molecule has 5 nitrogen and oxygen atoms in total. The number of benzene rings is 1. The van der Waals surface area contributed by atoms with Crippen LogP contribution in [0.3, 0.4) is 0 Å². The standard InChI is InChI=1S/C21H23N3O2S/c25-19(22-12-15-7-3-1-4-8-15)13-24-14-23-17-11-18(27-20(17)21(24)26)16-9-5-2-6-10-16/h2,5-6,9-11,14-15H,1,3-4,7-8,12-13H2,(H,22,25). The summed E-state index contributed by atoms with van der Waals surface area (Å²) in [4.78, 5) is 30.4. The fourth-order valence-corrected chi connectivity index (χ4v) is 4.73. The van der Waals surface area contributed by atoms with Crippen LogP contribution < -0.4 is 10.9 Å². The topological polar surface area (TPSA) is 64.0 Å². The highest BCUT2D eigenvalue weighted by Gasteiger charge is 2.16. The Balaban J connectivity index is 1.48. The maximum absolute atomic E-state index is 12.8. The van der Waals surface area contributed by atoms with E-state index in [0.29, 0.717) is 22.7 Å². The van der Waals surface area contributed by atoms with Crippen molar-refractivity contribution in [1.29, 1.82) is 0 Å². The molecule has 2 aromatic heterocycles. The van der Waals surface area contributed by atoms with Crippen molar-refractivity contribution in [3.8, 4) is 10.4 Å². The van der Waals surface area contributed by atoms with Gasteiger partial charge in [-0.05, 0) is 30.4 Å². The fraction of sp³-hybridized carbons (Fsp3) is 0.381. The lowest BCUT2D eigenvalue weighted by atomic mass is 9.89. The molecule has 0 spiro atoms. The molecule has 0 aliphatic heterocycles. The number of hydrogen-bond donors (Lipinski definition) is 1. The molecule has 27 heavy (non-hydrogen) atoms. The van der Waals surface area contributed by atoms with E-state index in [1.807, 2.05) is 36.4 Å². The van der Waals surface area contributed by atoms with Crippen molar-refractivity contribution in [3.05, 3.63) is 53.1 Å². The first-order valence-electron chi connectivity index (χ1n) is 9.52. The van der Waals surface area contributed by atoms with E-state index in [9.17, 15) is 9.59 Å². The second-order valence-electron chi connectivity index (χ2n) is 7.18. The molecule has 1 N–H and O–H groups in total. The molecule has 6 heteroatoms. The summed E-state index contributed by atoms with van der Waals surface area (Å²) in [6.07, 6.45) is 7.66. The van der Waals surface area contributed by atoms with E-state index in [1.54, 1.807) is 0 Å². The molecule has 1 aliphatic carbocycles. The van der Waals surface area contributed by atoms with Crippen molar-refractivity contribution in [2.75, 3.05) is 6.54 Å². The average molecular weight is 382 g/mol. The number of thiophene rings is 1. The van der Waals surface area contributed by atoms with Gasteiger partial charge in [-0.3, -0.25) is 14.2 Å². The zero-order valence-corrected chi connectivity index (χ0v) is 16.0. The van der Waals surface area contributed by atoms with Gasteiger partial charge in [0.05, 0.1) is 11.8 Å². The molecular formula is C21H23N3O2S. The zero-order chi connectivity index (χ0) is 18.6. The van der Waals surface area contributed by atoms with Gasteiger partial charge in [0.1, 0.15) is 11.2 Å². The van der Waals surface area contributed by atoms with Gasteiger partial charge >= 0.3 is 0 Å². The highest BCUT2D eigenvalue weighted by molar-refractivity contribution is 7.22. The van der Waals surface area contributed by atoms with E-state index in [4.69, 9.17) is 0 Å². The average Bonchev–Trinajstić information content (AvgIpc) is 3.15. The largest absolute Gasteiger partial charge is 0.354 e. The van der Waals surface area contributed by atoms with Crippen LogP contribution in [-0.2, 0) is 11.3 Å². The van der Waals surface area contributed by atoms with Gasteiger partial charge in [0.15, 0.2) is 0 Å². The lowest BCUT2D eigenvalue weighted by Crippen LogP contribution is -2.35. The molecule has 0 radical (unpaired) electrons. The van der Waals surface area contributed by atoms with E-state index < -0.39 is 0 Å². The van der Waals surface area contributed by atoms with Gasteiger partial charge in [-0.15, -0.1) is 11.3 Å². The first-order valence-corrected chi connectivity index (χ1v) is 10.3. The van der Waals surface area contributed by atoms with Gasteiger partial charge in [-0.1, -0.05) is 49.6 Å². The summed E-state index contributed by atoms with van der Waals surface area (Å²) in [6.45, 7) is 0.730. The molecule has 1 aliphatic rings. The minimum Gasteiger partial charge on any atom is -0.354 e. The second-order valence-corrected chi connectivity index (χ2v) is 8.23. The van der Waals surface area contributed by atoms with Crippen LogP contribution in [-0.4, -0.2) is 22.0 Å². The van der Waals surface area contributed by atoms with Crippen molar-refractivity contribution < 1.29 is 4.79 Å². The third-order valence-corrected chi connectivity index (χ3v) is 6.35.